The normalized spacial score (nSPS) is 47.4. The van der Waals surface area contributed by atoms with Crippen molar-refractivity contribution in [3.63, 3.8) is 0 Å². The second-order valence-electron chi connectivity index (χ2n) is 7.62. The van der Waals surface area contributed by atoms with Gasteiger partial charge in [-0.1, -0.05) is 20.8 Å². The van der Waals surface area contributed by atoms with Crippen LogP contribution >= 0.6 is 0 Å². The van der Waals surface area contributed by atoms with Gasteiger partial charge in [0.1, 0.15) is 0 Å². The maximum atomic E-state index is 11.8. The number of ether oxygens (including phenoxy) is 1. The Morgan fingerprint density at radius 2 is 2.00 bits per heavy atom. The molecule has 106 valence electrons. The molecule has 1 heterocycles. The second kappa shape index (κ2) is 3.53. The SMILES string of the molecule is CC1(C)C[C@]2(C)COC(=O)C[C@@]23[C@H](C(=O)O)CC[C@@H]13. The highest BCUT2D eigenvalue weighted by Gasteiger charge is 2.73. The van der Waals surface area contributed by atoms with Crippen molar-refractivity contribution < 1.29 is 19.4 Å². The fraction of sp³-hybridized carbons (Fsp3) is 0.867. The van der Waals surface area contributed by atoms with E-state index in [-0.39, 0.29) is 23.2 Å². The Kier molecular flexibility index (Phi) is 2.40. The zero-order valence-corrected chi connectivity index (χ0v) is 11.9. The fourth-order valence-corrected chi connectivity index (χ4v) is 5.83. The number of cyclic esters (lactones) is 1. The molecule has 1 spiro atoms. The van der Waals surface area contributed by atoms with Crippen molar-refractivity contribution in [2.24, 2.45) is 28.1 Å². The standard InChI is InChI=1S/C15H22O4/c1-13(2)7-14(3)8-19-11(16)6-15(14)9(12(17)18)4-5-10(13)15/h9-10H,4-8H2,1-3H3,(H,17,18)/t9-,10-,14+,15-/m0/s1. The van der Waals surface area contributed by atoms with Gasteiger partial charge in [-0.05, 0) is 30.6 Å². The Balaban J connectivity index is 2.16. The molecule has 1 saturated heterocycles. The minimum atomic E-state index is -0.735. The number of carboxylic acid groups (broad SMARTS) is 1. The van der Waals surface area contributed by atoms with Crippen molar-refractivity contribution in [3.05, 3.63) is 0 Å². The molecular formula is C15H22O4. The topological polar surface area (TPSA) is 63.6 Å². The van der Waals surface area contributed by atoms with E-state index in [2.05, 4.69) is 20.8 Å². The van der Waals surface area contributed by atoms with Gasteiger partial charge in [0, 0.05) is 10.8 Å². The lowest BCUT2D eigenvalue weighted by Crippen LogP contribution is -2.52. The summed E-state index contributed by atoms with van der Waals surface area (Å²) in [6.45, 7) is 6.95. The average molecular weight is 266 g/mol. The van der Waals surface area contributed by atoms with Gasteiger partial charge in [-0.2, -0.15) is 0 Å². The van der Waals surface area contributed by atoms with E-state index in [4.69, 9.17) is 4.74 Å². The van der Waals surface area contributed by atoms with Crippen LogP contribution in [0.2, 0.25) is 0 Å². The maximum absolute atomic E-state index is 11.8. The molecule has 0 amide bonds. The number of aliphatic carboxylic acids is 1. The summed E-state index contributed by atoms with van der Waals surface area (Å²) in [6, 6.07) is 0. The van der Waals surface area contributed by atoms with Crippen molar-refractivity contribution in [1.82, 2.24) is 0 Å². The van der Waals surface area contributed by atoms with E-state index in [1.54, 1.807) is 0 Å². The summed E-state index contributed by atoms with van der Waals surface area (Å²) < 4.78 is 5.29. The minimum Gasteiger partial charge on any atom is -0.481 e. The number of rotatable bonds is 1. The molecule has 1 aliphatic heterocycles. The number of hydrogen-bond acceptors (Lipinski definition) is 3. The van der Waals surface area contributed by atoms with E-state index >= 15 is 0 Å². The highest BCUT2D eigenvalue weighted by molar-refractivity contribution is 5.77. The largest absolute Gasteiger partial charge is 0.481 e. The smallest absolute Gasteiger partial charge is 0.307 e. The lowest BCUT2D eigenvalue weighted by atomic mass is 9.57. The van der Waals surface area contributed by atoms with E-state index in [0.717, 1.165) is 12.8 Å². The van der Waals surface area contributed by atoms with Crippen molar-refractivity contribution >= 4 is 11.9 Å². The highest BCUT2D eigenvalue weighted by Crippen LogP contribution is 2.74. The molecular weight excluding hydrogens is 244 g/mol. The number of carbonyl (C=O) groups excluding carboxylic acids is 1. The lowest BCUT2D eigenvalue weighted by Gasteiger charge is -2.49. The van der Waals surface area contributed by atoms with Gasteiger partial charge < -0.3 is 9.84 Å². The molecule has 0 aromatic rings. The summed E-state index contributed by atoms with van der Waals surface area (Å²) in [5, 5.41) is 9.61. The molecule has 3 fully saturated rings. The Hall–Kier alpha value is -1.06. The van der Waals surface area contributed by atoms with Gasteiger partial charge in [0.05, 0.1) is 18.9 Å². The third-order valence-electron chi connectivity index (χ3n) is 6.19. The highest BCUT2D eigenvalue weighted by atomic mass is 16.5. The van der Waals surface area contributed by atoms with E-state index in [1.807, 2.05) is 0 Å². The fourth-order valence-electron chi connectivity index (χ4n) is 5.83. The number of carbonyl (C=O) groups is 2. The van der Waals surface area contributed by atoms with Crippen LogP contribution in [0.3, 0.4) is 0 Å². The van der Waals surface area contributed by atoms with Crippen LogP contribution in [-0.4, -0.2) is 23.7 Å². The van der Waals surface area contributed by atoms with Gasteiger partial charge in [0.25, 0.3) is 0 Å². The number of hydrogen-bond donors (Lipinski definition) is 1. The summed E-state index contributed by atoms with van der Waals surface area (Å²) in [4.78, 5) is 23.6. The summed E-state index contributed by atoms with van der Waals surface area (Å²) in [5.74, 6) is -1.02. The Morgan fingerprint density at radius 1 is 1.32 bits per heavy atom. The Labute approximate surface area is 113 Å². The van der Waals surface area contributed by atoms with Crippen molar-refractivity contribution in [3.8, 4) is 0 Å². The van der Waals surface area contributed by atoms with Crippen LogP contribution in [0.1, 0.15) is 46.5 Å². The van der Waals surface area contributed by atoms with E-state index in [0.29, 0.717) is 18.9 Å². The first-order valence-corrected chi connectivity index (χ1v) is 7.11. The number of esters is 1. The maximum Gasteiger partial charge on any atom is 0.307 e. The molecule has 0 aromatic heterocycles. The quantitative estimate of drug-likeness (QED) is 0.740. The van der Waals surface area contributed by atoms with E-state index < -0.39 is 17.3 Å². The van der Waals surface area contributed by atoms with Crippen LogP contribution in [0.5, 0.6) is 0 Å². The van der Waals surface area contributed by atoms with Crippen molar-refractivity contribution in [2.75, 3.05) is 6.61 Å². The first-order chi connectivity index (χ1) is 8.73. The molecule has 3 rings (SSSR count). The predicted molar refractivity (Wildman–Crippen MR) is 68.4 cm³/mol. The molecule has 0 radical (unpaired) electrons. The molecule has 2 saturated carbocycles. The molecule has 4 nitrogen and oxygen atoms in total. The van der Waals surface area contributed by atoms with Crippen molar-refractivity contribution in [1.29, 1.82) is 0 Å². The molecule has 0 bridgehead atoms. The molecule has 0 unspecified atom stereocenters. The zero-order chi connectivity index (χ0) is 14.1. The van der Waals surface area contributed by atoms with Crippen molar-refractivity contribution in [2.45, 2.75) is 46.5 Å². The first-order valence-electron chi connectivity index (χ1n) is 7.11. The van der Waals surface area contributed by atoms with Crippen LogP contribution in [0.15, 0.2) is 0 Å². The van der Waals surface area contributed by atoms with Gasteiger partial charge in [0.2, 0.25) is 0 Å². The monoisotopic (exact) mass is 266 g/mol. The van der Waals surface area contributed by atoms with Gasteiger partial charge >= 0.3 is 11.9 Å². The van der Waals surface area contributed by atoms with E-state index in [1.165, 1.54) is 0 Å². The lowest BCUT2D eigenvalue weighted by molar-refractivity contribution is -0.178. The Morgan fingerprint density at radius 3 is 2.63 bits per heavy atom. The van der Waals surface area contributed by atoms with Crippen LogP contribution < -0.4 is 0 Å². The average Bonchev–Trinajstić information content (AvgIpc) is 2.72. The molecule has 4 heteroatoms. The third kappa shape index (κ3) is 1.40. The molecule has 19 heavy (non-hydrogen) atoms. The Bertz CT molecular complexity index is 455. The van der Waals surface area contributed by atoms with Crippen LogP contribution in [0, 0.1) is 28.1 Å². The summed E-state index contributed by atoms with van der Waals surface area (Å²) in [5.41, 5.74) is -0.487. The van der Waals surface area contributed by atoms with Gasteiger partial charge in [-0.15, -0.1) is 0 Å². The van der Waals surface area contributed by atoms with Gasteiger partial charge in [-0.3, -0.25) is 9.59 Å². The molecule has 4 atom stereocenters. The second-order valence-corrected chi connectivity index (χ2v) is 7.62. The van der Waals surface area contributed by atoms with E-state index in [9.17, 15) is 14.7 Å². The minimum absolute atomic E-state index is 0.0902. The number of carboxylic acids is 1. The third-order valence-corrected chi connectivity index (χ3v) is 6.19. The molecule has 2 aliphatic carbocycles. The first kappa shape index (κ1) is 12.9. The zero-order valence-electron chi connectivity index (χ0n) is 11.9. The van der Waals surface area contributed by atoms with Gasteiger partial charge in [-0.25, -0.2) is 0 Å². The van der Waals surface area contributed by atoms with Crippen LogP contribution in [0.25, 0.3) is 0 Å². The summed E-state index contributed by atoms with van der Waals surface area (Å²) in [7, 11) is 0. The molecule has 3 aliphatic rings. The van der Waals surface area contributed by atoms with Crippen LogP contribution in [0.4, 0.5) is 0 Å². The molecule has 0 aromatic carbocycles. The van der Waals surface area contributed by atoms with Gasteiger partial charge in [0.15, 0.2) is 0 Å². The van der Waals surface area contributed by atoms with Crippen LogP contribution in [-0.2, 0) is 14.3 Å². The molecule has 1 N–H and O–H groups in total. The summed E-state index contributed by atoms with van der Waals surface area (Å²) in [6.07, 6.45) is 2.86. The summed E-state index contributed by atoms with van der Waals surface area (Å²) >= 11 is 0. The predicted octanol–water partition coefficient (Wildman–Crippen LogP) is 2.47.